The fourth-order valence-electron chi connectivity index (χ4n) is 9.39. The zero-order chi connectivity index (χ0) is 25.9. The summed E-state index contributed by atoms with van der Waals surface area (Å²) >= 11 is 0. The van der Waals surface area contributed by atoms with Crippen LogP contribution in [0.5, 0.6) is 0 Å². The summed E-state index contributed by atoms with van der Waals surface area (Å²) in [6.07, 6.45) is -6.18. The van der Waals surface area contributed by atoms with Crippen molar-refractivity contribution in [1.82, 2.24) is 0 Å². The van der Waals surface area contributed by atoms with E-state index in [1.807, 2.05) is 0 Å². The van der Waals surface area contributed by atoms with E-state index in [2.05, 4.69) is 20.8 Å². The SMILES string of the molecule is CC(C)[C@]12O[C@H]1[C@@H]1O[C@@]13[C@@]1(C)CCC4=C(COC4=O)[C@@H]1C1C[C@@]3(O1)[C@@H]2O[C@H]1OC(CO)[C@H](O)C(O)C1O. The van der Waals surface area contributed by atoms with Crippen LogP contribution in [0.25, 0.3) is 0 Å². The average Bonchev–Trinajstić information content (AvgIpc) is 3.73. The lowest BCUT2D eigenvalue weighted by molar-refractivity contribution is -0.399. The molecule has 0 aromatic rings. The standard InChI is InChI=1S/C26H34O11/c1-9(2)25-18(36-25)19-26(37-19)23(3)5-4-10-11(8-32-20(10)31)14(23)12-6-24(26,35-12)22(25)34-21-17(30)16(29)15(28)13(7-27)33-21/h9,12-19,21-22,27-30H,4-8H2,1-3H3/t12?,13?,14-,15+,16?,17?,18+,19+,21-,22+,23+,24-,25+,26-/m1/s1. The molecule has 2 saturated carbocycles. The summed E-state index contributed by atoms with van der Waals surface area (Å²) in [5, 5.41) is 41.2. The molecule has 9 rings (SSSR count). The highest BCUT2D eigenvalue weighted by molar-refractivity contribution is 5.92. The minimum atomic E-state index is -1.55. The van der Waals surface area contributed by atoms with Crippen molar-refractivity contribution in [2.45, 2.75) is 112 Å². The summed E-state index contributed by atoms with van der Waals surface area (Å²) < 4.78 is 37.7. The van der Waals surface area contributed by atoms with E-state index in [0.717, 1.165) is 17.6 Å². The number of carbonyl (C=O) groups is 1. The van der Waals surface area contributed by atoms with E-state index in [1.54, 1.807) is 0 Å². The summed E-state index contributed by atoms with van der Waals surface area (Å²) in [4.78, 5) is 12.4. The smallest absolute Gasteiger partial charge is 0.334 e. The second kappa shape index (κ2) is 6.94. The van der Waals surface area contributed by atoms with Gasteiger partial charge in [-0.05, 0) is 24.3 Å². The van der Waals surface area contributed by atoms with Crippen LogP contribution in [0.2, 0.25) is 0 Å². The number of carbonyl (C=O) groups excluding carboxylic acids is 1. The molecule has 0 radical (unpaired) electrons. The van der Waals surface area contributed by atoms with Crippen LogP contribution in [-0.4, -0.2) is 112 Å². The van der Waals surface area contributed by atoms with Crippen molar-refractivity contribution in [2.75, 3.05) is 13.2 Å². The third kappa shape index (κ3) is 2.37. The molecule has 2 spiro atoms. The maximum atomic E-state index is 12.4. The predicted molar refractivity (Wildman–Crippen MR) is 120 cm³/mol. The second-order valence-corrected chi connectivity index (χ2v) is 12.8. The number of cyclic esters (lactones) is 1. The molecule has 0 aromatic heterocycles. The van der Waals surface area contributed by atoms with Crippen LogP contribution in [0.1, 0.15) is 40.0 Å². The lowest BCUT2D eigenvalue weighted by Gasteiger charge is -2.71. The van der Waals surface area contributed by atoms with Gasteiger partial charge in [0.1, 0.15) is 66.1 Å². The summed E-state index contributed by atoms with van der Waals surface area (Å²) in [5.74, 6) is -0.206. The Hall–Kier alpha value is -1.15. The summed E-state index contributed by atoms with van der Waals surface area (Å²) in [6, 6.07) is 0. The van der Waals surface area contributed by atoms with Gasteiger partial charge in [0, 0.05) is 23.3 Å². The fraction of sp³-hybridized carbons (Fsp3) is 0.885. The molecule has 11 nitrogen and oxygen atoms in total. The van der Waals surface area contributed by atoms with Crippen molar-refractivity contribution < 1.29 is 53.6 Å². The maximum absolute atomic E-state index is 12.4. The van der Waals surface area contributed by atoms with Crippen molar-refractivity contribution in [1.29, 1.82) is 0 Å². The Bertz CT molecular complexity index is 1100. The van der Waals surface area contributed by atoms with Gasteiger partial charge in [0.15, 0.2) is 6.29 Å². The largest absolute Gasteiger partial charge is 0.458 e. The Morgan fingerprint density at radius 2 is 1.84 bits per heavy atom. The molecule has 2 bridgehead atoms. The van der Waals surface area contributed by atoms with E-state index in [-0.39, 0.29) is 41.5 Å². The molecule has 0 amide bonds. The Morgan fingerprint density at radius 1 is 1.08 bits per heavy atom. The molecule has 5 saturated heterocycles. The Kier molecular flexibility index (Phi) is 4.45. The molecule has 3 aliphatic carbocycles. The monoisotopic (exact) mass is 522 g/mol. The van der Waals surface area contributed by atoms with Crippen LogP contribution in [0.3, 0.4) is 0 Å². The van der Waals surface area contributed by atoms with E-state index >= 15 is 0 Å². The highest BCUT2D eigenvalue weighted by atomic mass is 16.8. The van der Waals surface area contributed by atoms with E-state index in [4.69, 9.17) is 28.4 Å². The lowest BCUT2D eigenvalue weighted by Crippen LogP contribution is -2.84. The van der Waals surface area contributed by atoms with Crippen molar-refractivity contribution in [3.63, 3.8) is 0 Å². The van der Waals surface area contributed by atoms with Crippen molar-refractivity contribution in [3.05, 3.63) is 11.1 Å². The second-order valence-electron chi connectivity index (χ2n) is 12.8. The molecule has 37 heavy (non-hydrogen) atoms. The van der Waals surface area contributed by atoms with Gasteiger partial charge in [-0.25, -0.2) is 4.79 Å². The third-order valence-corrected chi connectivity index (χ3v) is 11.2. The summed E-state index contributed by atoms with van der Waals surface area (Å²) in [7, 11) is 0. The molecule has 9 aliphatic rings. The molecular formula is C26H34O11. The number of ether oxygens (including phenoxy) is 6. The number of aliphatic hydroxyl groups is 4. The van der Waals surface area contributed by atoms with Crippen LogP contribution in [0.4, 0.5) is 0 Å². The summed E-state index contributed by atoms with van der Waals surface area (Å²) in [6.45, 7) is 6.09. The van der Waals surface area contributed by atoms with Crippen LogP contribution in [-0.2, 0) is 33.2 Å². The fourth-order valence-corrected chi connectivity index (χ4v) is 9.39. The minimum Gasteiger partial charge on any atom is -0.458 e. The average molecular weight is 523 g/mol. The molecular weight excluding hydrogens is 488 g/mol. The number of epoxide rings is 2. The van der Waals surface area contributed by atoms with Crippen molar-refractivity contribution in [2.24, 2.45) is 17.3 Å². The highest BCUT2D eigenvalue weighted by Crippen LogP contribution is 2.82. The Balaban J connectivity index is 1.20. The van der Waals surface area contributed by atoms with Crippen LogP contribution in [0.15, 0.2) is 11.1 Å². The molecule has 6 heterocycles. The van der Waals surface area contributed by atoms with Crippen LogP contribution < -0.4 is 0 Å². The highest BCUT2D eigenvalue weighted by Gasteiger charge is 2.98. The summed E-state index contributed by atoms with van der Waals surface area (Å²) in [5.41, 5.74) is -0.832. The van der Waals surface area contributed by atoms with Gasteiger partial charge in [-0.3, -0.25) is 0 Å². The molecule has 14 atom stereocenters. The molecule has 4 unspecified atom stereocenters. The Morgan fingerprint density at radius 3 is 2.54 bits per heavy atom. The zero-order valence-corrected chi connectivity index (χ0v) is 21.0. The number of hydrogen-bond donors (Lipinski definition) is 4. The number of hydrogen-bond acceptors (Lipinski definition) is 11. The number of rotatable bonds is 4. The Labute approximate surface area is 213 Å². The van der Waals surface area contributed by atoms with Gasteiger partial charge in [-0.2, -0.15) is 0 Å². The van der Waals surface area contributed by atoms with Gasteiger partial charge >= 0.3 is 5.97 Å². The first-order chi connectivity index (χ1) is 17.6. The van der Waals surface area contributed by atoms with Crippen molar-refractivity contribution in [3.8, 4) is 0 Å². The first-order valence-corrected chi connectivity index (χ1v) is 13.5. The maximum Gasteiger partial charge on any atom is 0.334 e. The lowest BCUT2D eigenvalue weighted by atomic mass is 9.42. The molecule has 11 heteroatoms. The van der Waals surface area contributed by atoms with Gasteiger partial charge in [-0.15, -0.1) is 0 Å². The van der Waals surface area contributed by atoms with Crippen LogP contribution in [0, 0.1) is 17.3 Å². The zero-order valence-electron chi connectivity index (χ0n) is 21.0. The molecule has 0 aromatic carbocycles. The molecule has 4 N–H and O–H groups in total. The van der Waals surface area contributed by atoms with Crippen LogP contribution >= 0.6 is 0 Å². The van der Waals surface area contributed by atoms with Gasteiger partial charge < -0.3 is 48.8 Å². The van der Waals surface area contributed by atoms with Crippen molar-refractivity contribution >= 4 is 5.97 Å². The topological polar surface area (TPSA) is 160 Å². The number of aliphatic hydroxyl groups excluding tert-OH is 4. The predicted octanol–water partition coefficient (Wildman–Crippen LogP) is -1.07. The van der Waals surface area contributed by atoms with E-state index in [1.165, 1.54) is 0 Å². The third-order valence-electron chi connectivity index (χ3n) is 11.2. The minimum absolute atomic E-state index is 0.00668. The van der Waals surface area contributed by atoms with Gasteiger partial charge in [0.2, 0.25) is 0 Å². The quantitative estimate of drug-likeness (QED) is 0.263. The van der Waals surface area contributed by atoms with E-state index in [9.17, 15) is 25.2 Å². The molecule has 7 fully saturated rings. The van der Waals surface area contributed by atoms with Gasteiger partial charge in [0.05, 0.1) is 12.7 Å². The van der Waals surface area contributed by atoms with Gasteiger partial charge in [0.25, 0.3) is 0 Å². The first kappa shape index (κ1) is 23.7. The van der Waals surface area contributed by atoms with E-state index < -0.39 is 60.2 Å². The molecule has 6 aliphatic heterocycles. The van der Waals surface area contributed by atoms with Gasteiger partial charge in [-0.1, -0.05) is 20.8 Å². The number of fused-ring (bicyclic) bond motifs is 2. The first-order valence-electron chi connectivity index (χ1n) is 13.5. The normalized spacial score (nSPS) is 60.5. The molecule has 204 valence electrons. The number of esters is 1. The van der Waals surface area contributed by atoms with E-state index in [0.29, 0.717) is 19.4 Å².